The Morgan fingerprint density at radius 1 is 1.22 bits per heavy atom. The van der Waals surface area contributed by atoms with Gasteiger partial charge in [-0.3, -0.25) is 4.79 Å². The smallest absolute Gasteiger partial charge is 0.178 e. The topological polar surface area (TPSA) is 56.2 Å². The fraction of sp³-hybridized carbons (Fsp3) is 0.133. The summed E-state index contributed by atoms with van der Waals surface area (Å²) in [5.41, 5.74) is 6.89. The average molecular weight is 241 g/mol. The summed E-state index contributed by atoms with van der Waals surface area (Å²) in [5.74, 6) is 1.28. The zero-order valence-electron chi connectivity index (χ0n) is 10.2. The van der Waals surface area contributed by atoms with Gasteiger partial charge in [0.05, 0.1) is 5.70 Å². The maximum Gasteiger partial charge on any atom is 0.178 e. The number of carbonyl (C=O) groups excluding carboxylic acids is 1. The zero-order chi connectivity index (χ0) is 13.0. The van der Waals surface area contributed by atoms with Crippen LogP contribution in [0.3, 0.4) is 0 Å². The van der Waals surface area contributed by atoms with Crippen molar-refractivity contribution in [1.82, 2.24) is 0 Å². The lowest BCUT2D eigenvalue weighted by molar-refractivity contribution is -0.115. The molecule has 0 atom stereocenters. The van der Waals surface area contributed by atoms with Crippen LogP contribution in [0.5, 0.6) is 0 Å². The van der Waals surface area contributed by atoms with Crippen LogP contribution < -0.4 is 5.73 Å². The molecular weight excluding hydrogens is 226 g/mol. The standard InChI is InChI=1S/C15H15NO2/c1-2-14(17)13(16)10-12-8-9-15(18-12)11-6-4-3-5-7-11/h3-10H,2,16H2,1H3/b13-10-. The maximum absolute atomic E-state index is 11.4. The van der Waals surface area contributed by atoms with Gasteiger partial charge in [-0.2, -0.15) is 0 Å². The number of rotatable bonds is 4. The summed E-state index contributed by atoms with van der Waals surface area (Å²) in [5, 5.41) is 0. The summed E-state index contributed by atoms with van der Waals surface area (Å²) in [7, 11) is 0. The molecular formula is C15H15NO2. The van der Waals surface area contributed by atoms with Crippen LogP contribution in [0, 0.1) is 0 Å². The van der Waals surface area contributed by atoms with Crippen molar-refractivity contribution in [2.24, 2.45) is 5.73 Å². The molecule has 0 aliphatic carbocycles. The first-order valence-corrected chi connectivity index (χ1v) is 5.86. The van der Waals surface area contributed by atoms with Gasteiger partial charge in [0.25, 0.3) is 0 Å². The number of hydrogen-bond donors (Lipinski definition) is 1. The third kappa shape index (κ3) is 2.69. The van der Waals surface area contributed by atoms with Gasteiger partial charge in [0, 0.05) is 18.1 Å². The van der Waals surface area contributed by atoms with E-state index in [1.807, 2.05) is 36.4 Å². The molecule has 0 amide bonds. The van der Waals surface area contributed by atoms with Crippen LogP contribution in [-0.4, -0.2) is 5.78 Å². The van der Waals surface area contributed by atoms with Crippen molar-refractivity contribution in [3.8, 4) is 11.3 Å². The third-order valence-corrected chi connectivity index (χ3v) is 2.63. The highest BCUT2D eigenvalue weighted by molar-refractivity contribution is 5.98. The van der Waals surface area contributed by atoms with E-state index in [0.717, 1.165) is 11.3 Å². The fourth-order valence-electron chi connectivity index (χ4n) is 1.63. The number of furan rings is 1. The number of benzene rings is 1. The summed E-state index contributed by atoms with van der Waals surface area (Å²) in [6, 6.07) is 13.4. The van der Waals surface area contributed by atoms with Crippen molar-refractivity contribution in [3.05, 3.63) is 53.9 Å². The number of carbonyl (C=O) groups is 1. The van der Waals surface area contributed by atoms with Crippen LogP contribution in [-0.2, 0) is 4.79 Å². The Bertz CT molecular complexity index is 567. The second kappa shape index (κ2) is 5.36. The molecule has 0 aliphatic rings. The van der Waals surface area contributed by atoms with E-state index in [9.17, 15) is 4.79 Å². The minimum Gasteiger partial charge on any atom is -0.457 e. The van der Waals surface area contributed by atoms with Crippen LogP contribution in [0.25, 0.3) is 17.4 Å². The highest BCUT2D eigenvalue weighted by Gasteiger charge is 2.06. The lowest BCUT2D eigenvalue weighted by Gasteiger charge is -1.96. The molecule has 1 aromatic carbocycles. The Morgan fingerprint density at radius 3 is 2.61 bits per heavy atom. The molecule has 0 radical (unpaired) electrons. The van der Waals surface area contributed by atoms with Crippen LogP contribution in [0.15, 0.2) is 52.6 Å². The summed E-state index contributed by atoms with van der Waals surface area (Å²) in [6.45, 7) is 1.78. The lowest BCUT2D eigenvalue weighted by atomic mass is 10.2. The molecule has 92 valence electrons. The largest absolute Gasteiger partial charge is 0.457 e. The van der Waals surface area contributed by atoms with Gasteiger partial charge in [0.2, 0.25) is 0 Å². The molecule has 1 aromatic heterocycles. The first-order chi connectivity index (χ1) is 8.70. The maximum atomic E-state index is 11.4. The van der Waals surface area contributed by atoms with E-state index >= 15 is 0 Å². The van der Waals surface area contributed by atoms with Crippen molar-refractivity contribution in [2.75, 3.05) is 0 Å². The van der Waals surface area contributed by atoms with Gasteiger partial charge >= 0.3 is 0 Å². The quantitative estimate of drug-likeness (QED) is 0.836. The number of ketones is 1. The summed E-state index contributed by atoms with van der Waals surface area (Å²) < 4.78 is 5.63. The molecule has 3 heteroatoms. The second-order valence-electron chi connectivity index (χ2n) is 3.94. The van der Waals surface area contributed by atoms with Crippen molar-refractivity contribution < 1.29 is 9.21 Å². The molecule has 0 spiro atoms. The molecule has 0 saturated heterocycles. The average Bonchev–Trinajstić information content (AvgIpc) is 2.87. The van der Waals surface area contributed by atoms with E-state index in [-0.39, 0.29) is 11.5 Å². The Morgan fingerprint density at radius 2 is 1.94 bits per heavy atom. The van der Waals surface area contributed by atoms with Crippen molar-refractivity contribution >= 4 is 11.9 Å². The zero-order valence-corrected chi connectivity index (χ0v) is 10.2. The highest BCUT2D eigenvalue weighted by Crippen LogP contribution is 2.22. The van der Waals surface area contributed by atoms with E-state index in [1.54, 1.807) is 19.1 Å². The first-order valence-electron chi connectivity index (χ1n) is 5.86. The van der Waals surface area contributed by atoms with Crippen molar-refractivity contribution in [1.29, 1.82) is 0 Å². The molecule has 2 rings (SSSR count). The normalized spacial score (nSPS) is 11.5. The van der Waals surface area contributed by atoms with Gasteiger partial charge in [-0.05, 0) is 12.1 Å². The van der Waals surface area contributed by atoms with E-state index in [4.69, 9.17) is 10.2 Å². The molecule has 1 heterocycles. The van der Waals surface area contributed by atoms with Crippen LogP contribution in [0.4, 0.5) is 0 Å². The Labute approximate surface area is 106 Å². The molecule has 0 saturated carbocycles. The predicted octanol–water partition coefficient (Wildman–Crippen LogP) is 3.23. The molecule has 0 aliphatic heterocycles. The van der Waals surface area contributed by atoms with Crippen LogP contribution in [0.1, 0.15) is 19.1 Å². The second-order valence-corrected chi connectivity index (χ2v) is 3.94. The minimum atomic E-state index is -0.0762. The number of hydrogen-bond acceptors (Lipinski definition) is 3. The molecule has 18 heavy (non-hydrogen) atoms. The predicted molar refractivity (Wildman–Crippen MR) is 71.6 cm³/mol. The molecule has 2 aromatic rings. The van der Waals surface area contributed by atoms with Crippen LogP contribution >= 0.6 is 0 Å². The molecule has 0 fully saturated rings. The SMILES string of the molecule is CCC(=O)/C(N)=C/c1ccc(-c2ccccc2)o1. The van der Waals surface area contributed by atoms with E-state index in [2.05, 4.69) is 0 Å². The monoisotopic (exact) mass is 241 g/mol. The van der Waals surface area contributed by atoms with E-state index < -0.39 is 0 Å². The molecule has 0 unspecified atom stereocenters. The van der Waals surface area contributed by atoms with E-state index in [1.165, 1.54) is 0 Å². The van der Waals surface area contributed by atoms with E-state index in [0.29, 0.717) is 12.2 Å². The molecule has 2 N–H and O–H groups in total. The Balaban J connectivity index is 2.24. The van der Waals surface area contributed by atoms with Crippen LogP contribution in [0.2, 0.25) is 0 Å². The van der Waals surface area contributed by atoms with Gasteiger partial charge in [0.1, 0.15) is 11.5 Å². The first kappa shape index (κ1) is 12.2. The Hall–Kier alpha value is -2.29. The van der Waals surface area contributed by atoms with Gasteiger partial charge in [0.15, 0.2) is 5.78 Å². The fourth-order valence-corrected chi connectivity index (χ4v) is 1.63. The number of Topliss-reactive ketones (excluding diaryl/α,β-unsaturated/α-hetero) is 1. The third-order valence-electron chi connectivity index (χ3n) is 2.63. The van der Waals surface area contributed by atoms with Gasteiger partial charge in [-0.15, -0.1) is 0 Å². The van der Waals surface area contributed by atoms with Crippen molar-refractivity contribution in [2.45, 2.75) is 13.3 Å². The van der Waals surface area contributed by atoms with Crippen molar-refractivity contribution in [3.63, 3.8) is 0 Å². The summed E-state index contributed by atoms with van der Waals surface area (Å²) in [6.07, 6.45) is 1.97. The van der Waals surface area contributed by atoms with Gasteiger partial charge < -0.3 is 10.2 Å². The highest BCUT2D eigenvalue weighted by atomic mass is 16.3. The van der Waals surface area contributed by atoms with Gasteiger partial charge in [-0.1, -0.05) is 37.3 Å². The minimum absolute atomic E-state index is 0.0762. The molecule has 0 bridgehead atoms. The molecule has 3 nitrogen and oxygen atoms in total. The van der Waals surface area contributed by atoms with Gasteiger partial charge in [-0.25, -0.2) is 0 Å². The Kier molecular flexibility index (Phi) is 3.63. The number of nitrogens with two attached hydrogens (primary N) is 1. The summed E-state index contributed by atoms with van der Waals surface area (Å²) in [4.78, 5) is 11.4. The number of allylic oxidation sites excluding steroid dienone is 1. The lowest BCUT2D eigenvalue weighted by Crippen LogP contribution is -2.09. The summed E-state index contributed by atoms with van der Waals surface area (Å²) >= 11 is 0.